The van der Waals surface area contributed by atoms with E-state index in [1.807, 2.05) is 6.07 Å². The zero-order valence-electron chi connectivity index (χ0n) is 5.75. The zero-order valence-corrected chi connectivity index (χ0v) is 7.32. The molecule has 0 aromatic carbocycles. The summed E-state index contributed by atoms with van der Waals surface area (Å²) in [6.07, 6.45) is 0.907. The number of fused-ring (bicyclic) bond motifs is 1. The molecule has 2 radical (unpaired) electrons. The van der Waals surface area contributed by atoms with Gasteiger partial charge in [0, 0.05) is 0 Å². The Balaban J connectivity index is 2.43. The number of nitrogens with zero attached hydrogens (tertiary/aromatic N) is 1. The third-order valence-corrected chi connectivity index (χ3v) is 2.85. The maximum atomic E-state index is 5.71. The first-order valence-electron chi connectivity index (χ1n) is 3.33. The monoisotopic (exact) mass is 181 g/mol. The van der Waals surface area contributed by atoms with E-state index < -0.39 is 0 Å². The fraction of sp³-hybridized carbons (Fsp3) is 0.286. The Hall–Kier alpha value is -0.145. The number of hydrogen-bond acceptors (Lipinski definition) is 2. The maximum Gasteiger partial charge on any atom is 0.130 e. The minimum Gasteiger partial charge on any atom is -0.230 e. The molecular formula is C7H5BClNS. The Morgan fingerprint density at radius 3 is 3.27 bits per heavy atom. The van der Waals surface area contributed by atoms with Crippen LogP contribution in [0.15, 0.2) is 17.2 Å². The van der Waals surface area contributed by atoms with Crippen LogP contribution in [0.4, 0.5) is 0 Å². The molecule has 2 rings (SSSR count). The summed E-state index contributed by atoms with van der Waals surface area (Å²) >= 11 is 7.29. The predicted molar refractivity (Wildman–Crippen MR) is 48.4 cm³/mol. The molecule has 1 unspecified atom stereocenters. The highest BCUT2D eigenvalue weighted by Crippen LogP contribution is 2.34. The van der Waals surface area contributed by atoms with E-state index in [9.17, 15) is 0 Å². The SMILES string of the molecule is [B]C1Cc2ccc(Cl)nc2S1. The Labute approximate surface area is 76.0 Å². The number of hydrogen-bond donors (Lipinski definition) is 0. The molecule has 4 heteroatoms. The molecule has 1 aromatic rings. The van der Waals surface area contributed by atoms with E-state index in [1.165, 1.54) is 5.56 Å². The molecule has 1 aromatic heterocycles. The molecule has 2 heterocycles. The van der Waals surface area contributed by atoms with Crippen molar-refractivity contribution in [2.75, 3.05) is 0 Å². The lowest BCUT2D eigenvalue weighted by molar-refractivity contribution is 1.03. The van der Waals surface area contributed by atoms with Crippen molar-refractivity contribution in [2.45, 2.75) is 16.6 Å². The summed E-state index contributed by atoms with van der Waals surface area (Å²) in [4.78, 5) is 4.15. The van der Waals surface area contributed by atoms with Gasteiger partial charge in [0.2, 0.25) is 0 Å². The lowest BCUT2D eigenvalue weighted by atomic mass is 9.98. The van der Waals surface area contributed by atoms with Gasteiger partial charge in [-0.3, -0.25) is 0 Å². The topological polar surface area (TPSA) is 12.9 Å². The van der Waals surface area contributed by atoms with E-state index in [1.54, 1.807) is 17.8 Å². The lowest BCUT2D eigenvalue weighted by Crippen LogP contribution is -1.97. The Kier molecular flexibility index (Phi) is 1.85. The summed E-state index contributed by atoms with van der Waals surface area (Å²) in [6, 6.07) is 3.80. The Bertz CT molecular complexity index is 292. The number of thioether (sulfide) groups is 1. The van der Waals surface area contributed by atoms with Gasteiger partial charge in [-0.1, -0.05) is 17.7 Å². The van der Waals surface area contributed by atoms with Gasteiger partial charge in [-0.2, -0.15) is 0 Å². The van der Waals surface area contributed by atoms with Crippen LogP contribution in [0, 0.1) is 0 Å². The second kappa shape index (κ2) is 2.72. The highest BCUT2D eigenvalue weighted by atomic mass is 35.5. The van der Waals surface area contributed by atoms with Crippen LogP contribution >= 0.6 is 23.4 Å². The molecule has 11 heavy (non-hydrogen) atoms. The van der Waals surface area contributed by atoms with Gasteiger partial charge in [-0.05, 0) is 23.2 Å². The molecule has 0 N–H and O–H groups in total. The van der Waals surface area contributed by atoms with Crippen LogP contribution in [0.25, 0.3) is 0 Å². The third-order valence-electron chi connectivity index (χ3n) is 1.59. The minimum absolute atomic E-state index is 0.163. The van der Waals surface area contributed by atoms with Gasteiger partial charge < -0.3 is 0 Å². The standard InChI is InChI=1S/C7H5BClNS/c8-5-3-4-1-2-6(9)10-7(4)11-5/h1-2,5H,3H2. The van der Waals surface area contributed by atoms with Crippen molar-refractivity contribution in [3.8, 4) is 0 Å². The average molecular weight is 181 g/mol. The van der Waals surface area contributed by atoms with Crippen molar-refractivity contribution >= 4 is 31.2 Å². The van der Waals surface area contributed by atoms with Gasteiger partial charge in [0.05, 0.1) is 7.85 Å². The van der Waals surface area contributed by atoms with Crippen LogP contribution in [-0.4, -0.2) is 18.0 Å². The molecular weight excluding hydrogens is 176 g/mol. The van der Waals surface area contributed by atoms with Crippen molar-refractivity contribution in [3.05, 3.63) is 22.8 Å². The van der Waals surface area contributed by atoms with Crippen molar-refractivity contribution in [1.29, 1.82) is 0 Å². The first kappa shape index (κ1) is 7.50. The first-order chi connectivity index (χ1) is 5.25. The molecule has 0 saturated heterocycles. The van der Waals surface area contributed by atoms with E-state index in [0.717, 1.165) is 11.4 Å². The Morgan fingerprint density at radius 2 is 2.45 bits per heavy atom. The van der Waals surface area contributed by atoms with Gasteiger partial charge in [0.1, 0.15) is 10.2 Å². The van der Waals surface area contributed by atoms with Gasteiger partial charge in [-0.15, -0.1) is 11.8 Å². The second-order valence-electron chi connectivity index (χ2n) is 2.46. The van der Waals surface area contributed by atoms with Crippen molar-refractivity contribution < 1.29 is 0 Å². The van der Waals surface area contributed by atoms with Crippen LogP contribution in [0.3, 0.4) is 0 Å². The highest BCUT2D eigenvalue weighted by molar-refractivity contribution is 8.01. The molecule has 1 nitrogen and oxygen atoms in total. The molecule has 0 aliphatic carbocycles. The molecule has 0 saturated carbocycles. The van der Waals surface area contributed by atoms with Crippen LogP contribution in [-0.2, 0) is 6.42 Å². The largest absolute Gasteiger partial charge is 0.230 e. The molecule has 0 fully saturated rings. The smallest absolute Gasteiger partial charge is 0.130 e. The molecule has 0 bridgehead atoms. The highest BCUT2D eigenvalue weighted by Gasteiger charge is 2.18. The van der Waals surface area contributed by atoms with E-state index in [2.05, 4.69) is 4.98 Å². The van der Waals surface area contributed by atoms with E-state index in [0.29, 0.717) is 5.15 Å². The molecule has 1 aliphatic rings. The quantitative estimate of drug-likeness (QED) is 0.448. The summed E-state index contributed by atoms with van der Waals surface area (Å²) in [7, 11) is 5.71. The van der Waals surface area contributed by atoms with Gasteiger partial charge in [0.15, 0.2) is 0 Å². The Morgan fingerprint density at radius 1 is 1.64 bits per heavy atom. The van der Waals surface area contributed by atoms with Crippen molar-refractivity contribution in [2.24, 2.45) is 0 Å². The first-order valence-corrected chi connectivity index (χ1v) is 4.59. The third kappa shape index (κ3) is 1.40. The number of halogens is 1. The average Bonchev–Trinajstić information content (AvgIpc) is 2.27. The fourth-order valence-corrected chi connectivity index (χ4v) is 2.31. The van der Waals surface area contributed by atoms with E-state index in [-0.39, 0.29) is 5.15 Å². The summed E-state index contributed by atoms with van der Waals surface area (Å²) < 4.78 is 0. The van der Waals surface area contributed by atoms with Gasteiger partial charge in [0.25, 0.3) is 0 Å². The van der Waals surface area contributed by atoms with E-state index >= 15 is 0 Å². The van der Waals surface area contributed by atoms with Gasteiger partial charge >= 0.3 is 0 Å². The zero-order chi connectivity index (χ0) is 7.84. The van der Waals surface area contributed by atoms with Crippen LogP contribution in [0.1, 0.15) is 5.56 Å². The maximum absolute atomic E-state index is 5.71. The van der Waals surface area contributed by atoms with Crippen LogP contribution < -0.4 is 0 Å². The number of rotatable bonds is 0. The van der Waals surface area contributed by atoms with Crippen molar-refractivity contribution in [1.82, 2.24) is 4.98 Å². The second-order valence-corrected chi connectivity index (χ2v) is 4.07. The lowest BCUT2D eigenvalue weighted by Gasteiger charge is -1.95. The predicted octanol–water partition coefficient (Wildman–Crippen LogP) is 1.88. The fourth-order valence-electron chi connectivity index (χ4n) is 1.11. The summed E-state index contributed by atoms with van der Waals surface area (Å²) in [5.74, 6) is 0. The summed E-state index contributed by atoms with van der Waals surface area (Å²) in [6.45, 7) is 0. The summed E-state index contributed by atoms with van der Waals surface area (Å²) in [5.41, 5.74) is 1.21. The van der Waals surface area contributed by atoms with Gasteiger partial charge in [-0.25, -0.2) is 4.98 Å². The number of pyridine rings is 1. The minimum atomic E-state index is 0.163. The molecule has 1 aliphatic heterocycles. The van der Waals surface area contributed by atoms with E-state index in [4.69, 9.17) is 19.4 Å². The molecule has 0 spiro atoms. The summed E-state index contributed by atoms with van der Waals surface area (Å²) in [5, 5.41) is 1.70. The molecule has 1 atom stereocenters. The van der Waals surface area contributed by atoms with Crippen molar-refractivity contribution in [3.63, 3.8) is 0 Å². The molecule has 0 amide bonds. The normalized spacial score (nSPS) is 21.7. The number of aromatic nitrogens is 1. The molecule has 54 valence electrons. The van der Waals surface area contributed by atoms with Crippen LogP contribution in [0.2, 0.25) is 5.15 Å². The van der Waals surface area contributed by atoms with Crippen LogP contribution in [0.5, 0.6) is 0 Å².